The van der Waals surface area contributed by atoms with E-state index in [2.05, 4.69) is 22.4 Å². The van der Waals surface area contributed by atoms with Crippen LogP contribution in [0.3, 0.4) is 0 Å². The summed E-state index contributed by atoms with van der Waals surface area (Å²) in [5, 5.41) is 17.4. The molecule has 0 aliphatic heterocycles. The minimum Gasteiger partial charge on any atom is -0.494 e. The minimum atomic E-state index is -0.422. The topological polar surface area (TPSA) is 89.7 Å². The predicted molar refractivity (Wildman–Crippen MR) is 108 cm³/mol. The van der Waals surface area contributed by atoms with Crippen LogP contribution in [0.15, 0.2) is 59.0 Å². The first-order chi connectivity index (χ1) is 13.2. The maximum absolute atomic E-state index is 10.7. The Kier molecular flexibility index (Phi) is 6.11. The molecule has 0 bridgehead atoms. The van der Waals surface area contributed by atoms with E-state index >= 15 is 0 Å². The zero-order valence-electron chi connectivity index (χ0n) is 14.7. The maximum atomic E-state index is 10.7. The van der Waals surface area contributed by atoms with Gasteiger partial charge in [-0.3, -0.25) is 15.5 Å². The van der Waals surface area contributed by atoms with Gasteiger partial charge in [0.15, 0.2) is 0 Å². The molecular formula is C19H18N4O3S. The van der Waals surface area contributed by atoms with Crippen LogP contribution < -0.4 is 10.2 Å². The average molecular weight is 382 g/mol. The second-order valence-corrected chi connectivity index (χ2v) is 6.49. The van der Waals surface area contributed by atoms with E-state index in [0.29, 0.717) is 11.7 Å². The second-order valence-electron chi connectivity index (χ2n) is 5.63. The Morgan fingerprint density at radius 2 is 2.11 bits per heavy atom. The number of hydrogen-bond acceptors (Lipinski definition) is 7. The van der Waals surface area contributed by atoms with Crippen LogP contribution in [0.5, 0.6) is 5.75 Å². The molecule has 27 heavy (non-hydrogen) atoms. The summed E-state index contributed by atoms with van der Waals surface area (Å²) in [4.78, 5) is 14.7. The summed E-state index contributed by atoms with van der Waals surface area (Å²) in [7, 11) is 0. The second kappa shape index (κ2) is 8.91. The van der Waals surface area contributed by atoms with E-state index in [1.807, 2.05) is 29.6 Å². The molecule has 7 nitrogen and oxygen atoms in total. The number of nitrogens with one attached hydrogen (secondary N) is 1. The van der Waals surface area contributed by atoms with Crippen molar-refractivity contribution in [3.8, 4) is 17.0 Å². The van der Waals surface area contributed by atoms with Crippen LogP contribution in [0.4, 0.5) is 10.8 Å². The van der Waals surface area contributed by atoms with E-state index in [0.717, 1.165) is 29.0 Å². The third-order valence-corrected chi connectivity index (χ3v) is 4.33. The predicted octanol–water partition coefficient (Wildman–Crippen LogP) is 4.95. The van der Waals surface area contributed by atoms with Gasteiger partial charge in [-0.1, -0.05) is 19.1 Å². The van der Waals surface area contributed by atoms with Crippen LogP contribution in [0.1, 0.15) is 18.9 Å². The van der Waals surface area contributed by atoms with E-state index in [-0.39, 0.29) is 5.69 Å². The summed E-state index contributed by atoms with van der Waals surface area (Å²) < 4.78 is 5.60. The Bertz CT molecular complexity index is 938. The molecule has 0 fully saturated rings. The molecule has 0 saturated heterocycles. The number of nitro groups is 1. The molecule has 138 valence electrons. The summed E-state index contributed by atoms with van der Waals surface area (Å²) in [5.74, 6) is 0.815. The maximum Gasteiger partial charge on any atom is 0.269 e. The smallest absolute Gasteiger partial charge is 0.269 e. The van der Waals surface area contributed by atoms with Gasteiger partial charge in [0.25, 0.3) is 5.69 Å². The molecule has 0 spiro atoms. The molecule has 2 aromatic carbocycles. The number of aromatic nitrogens is 1. The third kappa shape index (κ3) is 5.11. The molecule has 3 aromatic rings. The Morgan fingerprint density at radius 3 is 2.85 bits per heavy atom. The zero-order valence-corrected chi connectivity index (χ0v) is 15.5. The highest BCUT2D eigenvalue weighted by Gasteiger charge is 2.08. The summed E-state index contributed by atoms with van der Waals surface area (Å²) in [6.07, 6.45) is 2.66. The molecule has 0 radical (unpaired) electrons. The van der Waals surface area contributed by atoms with Crippen molar-refractivity contribution in [2.75, 3.05) is 12.0 Å². The Hall–Kier alpha value is -3.26. The molecule has 0 unspecified atom stereocenters. The van der Waals surface area contributed by atoms with E-state index in [1.54, 1.807) is 18.3 Å². The minimum absolute atomic E-state index is 0.0575. The number of ether oxygens (including phenoxy) is 1. The zero-order chi connectivity index (χ0) is 19.1. The molecule has 0 aliphatic rings. The lowest BCUT2D eigenvalue weighted by molar-refractivity contribution is -0.384. The van der Waals surface area contributed by atoms with Gasteiger partial charge in [0, 0.05) is 23.1 Å². The number of nitrogens with zero attached hydrogens (tertiary/aromatic N) is 3. The van der Waals surface area contributed by atoms with Crippen molar-refractivity contribution in [3.05, 3.63) is 69.6 Å². The number of hydrazone groups is 1. The number of anilines is 1. The average Bonchev–Trinajstić information content (AvgIpc) is 3.16. The quantitative estimate of drug-likeness (QED) is 0.338. The highest BCUT2D eigenvalue weighted by atomic mass is 32.1. The van der Waals surface area contributed by atoms with Crippen LogP contribution in [0, 0.1) is 10.1 Å². The molecule has 0 saturated carbocycles. The molecule has 0 aliphatic carbocycles. The SMILES string of the molecule is CCCOc1cccc(/C=N/Nc2nc(-c3ccc([N+](=O)[O-])cc3)cs2)c1. The Balaban J connectivity index is 1.62. The molecule has 1 heterocycles. The fraction of sp³-hybridized carbons (Fsp3) is 0.158. The highest BCUT2D eigenvalue weighted by molar-refractivity contribution is 7.14. The van der Waals surface area contributed by atoms with Crippen molar-refractivity contribution >= 4 is 28.4 Å². The monoisotopic (exact) mass is 382 g/mol. The molecule has 1 aromatic heterocycles. The summed E-state index contributed by atoms with van der Waals surface area (Å²) in [6.45, 7) is 2.75. The number of thiazole rings is 1. The van der Waals surface area contributed by atoms with Crippen molar-refractivity contribution in [1.82, 2.24) is 4.98 Å². The van der Waals surface area contributed by atoms with Gasteiger partial charge in [0.05, 0.1) is 23.4 Å². The standard InChI is InChI=1S/C19H18N4O3S/c1-2-10-26-17-5-3-4-14(11-17)12-20-22-19-21-18(13-27-19)15-6-8-16(9-7-15)23(24)25/h3-9,11-13H,2,10H2,1H3,(H,21,22)/b20-12+. The van der Waals surface area contributed by atoms with Crippen LogP contribution >= 0.6 is 11.3 Å². The van der Waals surface area contributed by atoms with Crippen LogP contribution in [0.2, 0.25) is 0 Å². The molecular weight excluding hydrogens is 364 g/mol. The van der Waals surface area contributed by atoms with Gasteiger partial charge >= 0.3 is 0 Å². The first kappa shape index (κ1) is 18.5. The lowest BCUT2D eigenvalue weighted by atomic mass is 10.1. The molecule has 8 heteroatoms. The van der Waals surface area contributed by atoms with Crippen molar-refractivity contribution in [1.29, 1.82) is 0 Å². The molecule has 0 atom stereocenters. The van der Waals surface area contributed by atoms with Crippen LogP contribution in [-0.4, -0.2) is 22.7 Å². The summed E-state index contributed by atoms with van der Waals surface area (Å²) >= 11 is 1.41. The number of nitro benzene ring substituents is 1. The van der Waals surface area contributed by atoms with Gasteiger partial charge in [-0.2, -0.15) is 5.10 Å². The fourth-order valence-electron chi connectivity index (χ4n) is 2.28. The lowest BCUT2D eigenvalue weighted by Crippen LogP contribution is -1.96. The fourth-order valence-corrected chi connectivity index (χ4v) is 2.95. The van der Waals surface area contributed by atoms with Gasteiger partial charge in [-0.05, 0) is 36.2 Å². The van der Waals surface area contributed by atoms with E-state index in [1.165, 1.54) is 23.5 Å². The van der Waals surface area contributed by atoms with Gasteiger partial charge in [0.1, 0.15) is 5.75 Å². The summed E-state index contributed by atoms with van der Waals surface area (Å²) in [5.41, 5.74) is 5.43. The number of non-ortho nitro benzene ring substituents is 1. The van der Waals surface area contributed by atoms with E-state index < -0.39 is 4.92 Å². The lowest BCUT2D eigenvalue weighted by Gasteiger charge is -2.04. The Morgan fingerprint density at radius 1 is 1.30 bits per heavy atom. The number of benzene rings is 2. The van der Waals surface area contributed by atoms with Crippen molar-refractivity contribution in [2.45, 2.75) is 13.3 Å². The van der Waals surface area contributed by atoms with Crippen LogP contribution in [-0.2, 0) is 0 Å². The molecule has 0 amide bonds. The van der Waals surface area contributed by atoms with E-state index in [9.17, 15) is 10.1 Å². The van der Waals surface area contributed by atoms with Crippen LogP contribution in [0.25, 0.3) is 11.3 Å². The van der Waals surface area contributed by atoms with Crippen molar-refractivity contribution in [2.24, 2.45) is 5.10 Å². The van der Waals surface area contributed by atoms with Gasteiger partial charge in [0.2, 0.25) is 5.13 Å². The first-order valence-corrected chi connectivity index (χ1v) is 9.26. The van der Waals surface area contributed by atoms with E-state index in [4.69, 9.17) is 4.74 Å². The third-order valence-electron chi connectivity index (χ3n) is 3.58. The Labute approximate surface area is 160 Å². The highest BCUT2D eigenvalue weighted by Crippen LogP contribution is 2.26. The molecule has 1 N–H and O–H groups in total. The van der Waals surface area contributed by atoms with Gasteiger partial charge in [-0.25, -0.2) is 4.98 Å². The van der Waals surface area contributed by atoms with Crippen molar-refractivity contribution < 1.29 is 9.66 Å². The molecule has 3 rings (SSSR count). The normalized spacial score (nSPS) is 10.9. The van der Waals surface area contributed by atoms with Gasteiger partial charge < -0.3 is 4.74 Å². The van der Waals surface area contributed by atoms with Gasteiger partial charge in [-0.15, -0.1) is 11.3 Å². The largest absolute Gasteiger partial charge is 0.494 e. The summed E-state index contributed by atoms with van der Waals surface area (Å²) in [6, 6.07) is 14.0. The number of hydrogen-bond donors (Lipinski definition) is 1. The number of rotatable bonds is 8. The van der Waals surface area contributed by atoms with Crippen molar-refractivity contribution in [3.63, 3.8) is 0 Å². The first-order valence-electron chi connectivity index (χ1n) is 8.38.